The molecule has 1 aliphatic rings. The van der Waals surface area contributed by atoms with Crippen LogP contribution in [0.2, 0.25) is 0 Å². The van der Waals surface area contributed by atoms with Gasteiger partial charge in [-0.2, -0.15) is 0 Å². The third kappa shape index (κ3) is 2.03. The summed E-state index contributed by atoms with van der Waals surface area (Å²) < 4.78 is 6.60. The van der Waals surface area contributed by atoms with Gasteiger partial charge in [-0.25, -0.2) is 4.79 Å². The summed E-state index contributed by atoms with van der Waals surface area (Å²) in [7, 11) is 0. The number of rotatable bonds is 1. The molecule has 1 unspecified atom stereocenters. The molecule has 1 aliphatic carbocycles. The molecule has 1 atom stereocenters. The van der Waals surface area contributed by atoms with E-state index in [1.54, 1.807) is 0 Å². The number of hydrogen-bond donors (Lipinski definition) is 1. The average molecular weight is 312 g/mol. The van der Waals surface area contributed by atoms with Crippen molar-refractivity contribution >= 4 is 22.0 Å². The number of carbonyl (C=O) groups excluding carboxylic acids is 1. The van der Waals surface area contributed by atoms with Gasteiger partial charge in [-0.15, -0.1) is 0 Å². The van der Waals surface area contributed by atoms with E-state index in [0.29, 0.717) is 0 Å². The van der Waals surface area contributed by atoms with Gasteiger partial charge in [0.05, 0.1) is 0 Å². The Bertz CT molecular complexity index is 493. The van der Waals surface area contributed by atoms with Gasteiger partial charge in [0.15, 0.2) is 0 Å². The molecule has 2 rings (SSSR count). The molecule has 0 saturated heterocycles. The second kappa shape index (κ2) is 4.26. The number of halogens is 1. The van der Waals surface area contributed by atoms with E-state index in [-0.39, 0.29) is 5.41 Å². The molecule has 4 heteroatoms. The minimum Gasteiger partial charge on any atom is -0.438 e. The van der Waals surface area contributed by atoms with E-state index in [1.165, 1.54) is 5.56 Å². The van der Waals surface area contributed by atoms with E-state index in [2.05, 4.69) is 42.8 Å². The summed E-state index contributed by atoms with van der Waals surface area (Å²) in [6.07, 6.45) is 0.977. The molecule has 98 valence electrons. The van der Waals surface area contributed by atoms with Crippen molar-refractivity contribution in [2.45, 2.75) is 39.2 Å². The quantitative estimate of drug-likeness (QED) is 0.859. The highest BCUT2D eigenvalue weighted by Crippen LogP contribution is 2.51. The van der Waals surface area contributed by atoms with Gasteiger partial charge in [0.25, 0.3) is 0 Å². The molecule has 0 radical (unpaired) electrons. The van der Waals surface area contributed by atoms with E-state index >= 15 is 0 Å². The summed E-state index contributed by atoms with van der Waals surface area (Å²) in [6.45, 7) is 6.23. The molecular formula is C14H18BrNO2. The van der Waals surface area contributed by atoms with Crippen LogP contribution < -0.4 is 5.73 Å². The maximum Gasteiger partial charge on any atom is 0.405 e. The molecule has 0 heterocycles. The van der Waals surface area contributed by atoms with Crippen LogP contribution in [0.3, 0.4) is 0 Å². The number of carbonyl (C=O) groups is 1. The fourth-order valence-electron chi connectivity index (χ4n) is 2.82. The number of amides is 1. The van der Waals surface area contributed by atoms with Gasteiger partial charge in [0.2, 0.25) is 0 Å². The van der Waals surface area contributed by atoms with Gasteiger partial charge in [0, 0.05) is 9.89 Å². The van der Waals surface area contributed by atoms with E-state index in [4.69, 9.17) is 10.5 Å². The van der Waals surface area contributed by atoms with Crippen LogP contribution in [0.15, 0.2) is 22.7 Å². The Balaban J connectivity index is 2.56. The van der Waals surface area contributed by atoms with E-state index < -0.39 is 11.7 Å². The van der Waals surface area contributed by atoms with Crippen LogP contribution in [0.1, 0.15) is 38.3 Å². The van der Waals surface area contributed by atoms with Gasteiger partial charge >= 0.3 is 6.09 Å². The number of ether oxygens (including phenoxy) is 1. The van der Waals surface area contributed by atoms with Gasteiger partial charge in [0.1, 0.15) is 5.60 Å². The van der Waals surface area contributed by atoms with Crippen molar-refractivity contribution < 1.29 is 9.53 Å². The Morgan fingerprint density at radius 3 is 2.67 bits per heavy atom. The molecule has 0 fully saturated rings. The third-order valence-electron chi connectivity index (χ3n) is 3.74. The zero-order valence-corrected chi connectivity index (χ0v) is 12.5. The predicted octanol–water partition coefficient (Wildman–Crippen LogP) is 3.73. The van der Waals surface area contributed by atoms with Crippen molar-refractivity contribution in [3.8, 4) is 0 Å². The van der Waals surface area contributed by atoms with Crippen molar-refractivity contribution in [3.63, 3.8) is 0 Å². The summed E-state index contributed by atoms with van der Waals surface area (Å²) >= 11 is 3.47. The lowest BCUT2D eigenvalue weighted by Crippen LogP contribution is -2.43. The number of fused-ring (bicyclic) bond motifs is 1. The van der Waals surface area contributed by atoms with Crippen molar-refractivity contribution in [2.24, 2.45) is 11.1 Å². The summed E-state index contributed by atoms with van der Waals surface area (Å²) in [6, 6.07) is 6.10. The summed E-state index contributed by atoms with van der Waals surface area (Å²) in [5.41, 5.74) is 6.76. The Hall–Kier alpha value is -1.03. The molecule has 0 aliphatic heterocycles. The van der Waals surface area contributed by atoms with Gasteiger partial charge < -0.3 is 10.5 Å². The van der Waals surface area contributed by atoms with E-state index in [0.717, 1.165) is 22.9 Å². The Morgan fingerprint density at radius 2 is 2.11 bits per heavy atom. The summed E-state index contributed by atoms with van der Waals surface area (Å²) in [4.78, 5) is 11.3. The smallest absolute Gasteiger partial charge is 0.405 e. The highest BCUT2D eigenvalue weighted by molar-refractivity contribution is 9.10. The number of benzene rings is 1. The molecule has 0 saturated carbocycles. The number of primary amides is 1. The van der Waals surface area contributed by atoms with Crippen molar-refractivity contribution in [3.05, 3.63) is 33.8 Å². The first-order valence-electron chi connectivity index (χ1n) is 6.04. The topological polar surface area (TPSA) is 52.3 Å². The molecule has 18 heavy (non-hydrogen) atoms. The highest BCUT2D eigenvalue weighted by Gasteiger charge is 2.50. The molecule has 0 bridgehead atoms. The largest absolute Gasteiger partial charge is 0.438 e. The lowest BCUT2D eigenvalue weighted by Gasteiger charge is -2.41. The Kier molecular flexibility index (Phi) is 3.18. The minimum atomic E-state index is -0.708. The van der Waals surface area contributed by atoms with Gasteiger partial charge in [-0.3, -0.25) is 0 Å². The highest BCUT2D eigenvalue weighted by atomic mass is 79.9. The zero-order valence-electron chi connectivity index (χ0n) is 10.9. The fourth-order valence-corrected chi connectivity index (χ4v) is 3.23. The third-order valence-corrected chi connectivity index (χ3v) is 4.23. The minimum absolute atomic E-state index is 0.193. The monoisotopic (exact) mass is 311 g/mol. The summed E-state index contributed by atoms with van der Waals surface area (Å²) in [5.74, 6) is 0. The van der Waals surface area contributed by atoms with E-state index in [9.17, 15) is 4.79 Å². The maximum absolute atomic E-state index is 11.3. The maximum atomic E-state index is 11.3. The van der Waals surface area contributed by atoms with Gasteiger partial charge in [-0.1, -0.05) is 42.8 Å². The van der Waals surface area contributed by atoms with Crippen molar-refractivity contribution in [1.29, 1.82) is 0 Å². The Morgan fingerprint density at radius 1 is 1.44 bits per heavy atom. The fraction of sp³-hybridized carbons (Fsp3) is 0.500. The second-order valence-corrected chi connectivity index (χ2v) is 6.72. The number of nitrogens with two attached hydrogens (primary N) is 1. The van der Waals surface area contributed by atoms with Crippen LogP contribution in [0.4, 0.5) is 4.79 Å². The van der Waals surface area contributed by atoms with Crippen LogP contribution in [-0.2, 0) is 16.8 Å². The molecule has 1 amide bonds. The van der Waals surface area contributed by atoms with Crippen LogP contribution in [-0.4, -0.2) is 6.09 Å². The van der Waals surface area contributed by atoms with Crippen molar-refractivity contribution in [2.75, 3.05) is 0 Å². The first-order valence-corrected chi connectivity index (χ1v) is 6.83. The second-order valence-electron chi connectivity index (χ2n) is 5.80. The van der Waals surface area contributed by atoms with Crippen LogP contribution in [0, 0.1) is 5.41 Å². The van der Waals surface area contributed by atoms with Crippen LogP contribution >= 0.6 is 15.9 Å². The van der Waals surface area contributed by atoms with Crippen LogP contribution in [0.25, 0.3) is 0 Å². The molecule has 0 aromatic heterocycles. The molecule has 1 aromatic carbocycles. The lowest BCUT2D eigenvalue weighted by molar-refractivity contribution is -0.0694. The molecule has 0 spiro atoms. The Labute approximate surface area is 116 Å². The van der Waals surface area contributed by atoms with Crippen LogP contribution in [0.5, 0.6) is 0 Å². The molecule has 3 nitrogen and oxygen atoms in total. The van der Waals surface area contributed by atoms with Crippen molar-refractivity contribution in [1.82, 2.24) is 0 Å². The molecule has 2 N–H and O–H groups in total. The number of hydrogen-bond acceptors (Lipinski definition) is 2. The molecular weight excluding hydrogens is 294 g/mol. The summed E-state index contributed by atoms with van der Waals surface area (Å²) in [5, 5.41) is 0. The first kappa shape index (κ1) is 13.4. The lowest BCUT2D eigenvalue weighted by atomic mass is 9.72. The predicted molar refractivity (Wildman–Crippen MR) is 74.3 cm³/mol. The first-order chi connectivity index (χ1) is 8.26. The average Bonchev–Trinajstić information content (AvgIpc) is 2.56. The number of aryl methyl sites for hydroxylation is 1. The standard InChI is InChI=1S/C14H18BrNO2/c1-13(2,3)14(18-12(16)17)7-6-9-8-10(15)4-5-11(9)14/h4-5,8H,6-7H2,1-3H3,(H2,16,17). The normalized spacial score (nSPS) is 22.7. The SMILES string of the molecule is CC(C)(C)C1(OC(N)=O)CCc2cc(Br)ccc21. The zero-order chi connectivity index (χ0) is 13.6. The van der Waals surface area contributed by atoms with Gasteiger partial charge in [-0.05, 0) is 36.1 Å². The molecule has 1 aromatic rings. The van der Waals surface area contributed by atoms with E-state index in [1.807, 2.05) is 12.1 Å².